The molecular weight excluding hydrogens is 463 g/mol. The highest BCUT2D eigenvalue weighted by molar-refractivity contribution is 7.89. The third kappa shape index (κ3) is 4.34. The lowest BCUT2D eigenvalue weighted by atomic mass is 10.3. The lowest BCUT2D eigenvalue weighted by Crippen LogP contribution is -2.48. The van der Waals surface area contributed by atoms with Crippen LogP contribution in [0.25, 0.3) is 10.2 Å². The minimum absolute atomic E-state index is 0.110. The van der Waals surface area contributed by atoms with Crippen molar-refractivity contribution in [3.8, 4) is 5.75 Å². The zero-order chi connectivity index (χ0) is 21.5. The van der Waals surface area contributed by atoms with Crippen LogP contribution >= 0.6 is 22.9 Å². The van der Waals surface area contributed by atoms with Crippen molar-refractivity contribution in [2.45, 2.75) is 11.3 Å². The van der Waals surface area contributed by atoms with Crippen LogP contribution in [0.4, 0.5) is 18.3 Å². The SMILES string of the molecule is O=S(=O)(c1ccccc1OC(F)(F)F)N1CCN(c2nc3ccc(Cl)cc3s2)CC1. The molecule has 4 rings (SSSR count). The van der Waals surface area contributed by atoms with E-state index in [0.29, 0.717) is 18.1 Å². The monoisotopic (exact) mass is 477 g/mol. The van der Waals surface area contributed by atoms with Gasteiger partial charge >= 0.3 is 6.36 Å². The molecule has 1 aromatic heterocycles. The molecule has 2 heterocycles. The second kappa shape index (κ2) is 7.88. The first kappa shape index (κ1) is 21.2. The van der Waals surface area contributed by atoms with Crippen LogP contribution in [0.15, 0.2) is 47.4 Å². The van der Waals surface area contributed by atoms with Crippen LogP contribution in [-0.2, 0) is 10.0 Å². The smallest absolute Gasteiger partial charge is 0.404 e. The van der Waals surface area contributed by atoms with Gasteiger partial charge in [-0.1, -0.05) is 35.1 Å². The molecule has 2 aromatic carbocycles. The highest BCUT2D eigenvalue weighted by Crippen LogP contribution is 2.34. The molecule has 0 bridgehead atoms. The van der Waals surface area contributed by atoms with Gasteiger partial charge in [0.15, 0.2) is 5.13 Å². The average Bonchev–Trinajstić information content (AvgIpc) is 3.10. The van der Waals surface area contributed by atoms with Gasteiger partial charge in [-0.25, -0.2) is 13.4 Å². The molecular formula is C18H15ClF3N3O3S2. The zero-order valence-electron chi connectivity index (χ0n) is 15.3. The lowest BCUT2D eigenvalue weighted by molar-refractivity contribution is -0.275. The summed E-state index contributed by atoms with van der Waals surface area (Å²) in [6, 6.07) is 10.1. The Morgan fingerprint density at radius 2 is 1.77 bits per heavy atom. The van der Waals surface area contributed by atoms with Crippen LogP contribution in [0.2, 0.25) is 5.02 Å². The molecule has 6 nitrogen and oxygen atoms in total. The average molecular weight is 478 g/mol. The number of hydrogen-bond donors (Lipinski definition) is 0. The lowest BCUT2D eigenvalue weighted by Gasteiger charge is -2.34. The molecule has 0 amide bonds. The summed E-state index contributed by atoms with van der Waals surface area (Å²) < 4.78 is 69.8. The molecule has 1 fully saturated rings. The molecule has 30 heavy (non-hydrogen) atoms. The van der Waals surface area contributed by atoms with Crippen molar-refractivity contribution in [2.75, 3.05) is 31.1 Å². The fourth-order valence-corrected chi connectivity index (χ4v) is 5.98. The number of sulfonamides is 1. The van der Waals surface area contributed by atoms with E-state index in [4.69, 9.17) is 11.6 Å². The van der Waals surface area contributed by atoms with Gasteiger partial charge in [0.2, 0.25) is 10.0 Å². The number of halogens is 4. The number of benzene rings is 2. The number of aromatic nitrogens is 1. The number of nitrogens with zero attached hydrogens (tertiary/aromatic N) is 3. The van der Waals surface area contributed by atoms with Gasteiger partial charge in [0.05, 0.1) is 10.2 Å². The number of piperazine rings is 1. The minimum Gasteiger partial charge on any atom is -0.404 e. The van der Waals surface area contributed by atoms with Crippen molar-refractivity contribution in [3.63, 3.8) is 0 Å². The van der Waals surface area contributed by atoms with Gasteiger partial charge in [-0.3, -0.25) is 0 Å². The van der Waals surface area contributed by atoms with Crippen molar-refractivity contribution in [2.24, 2.45) is 0 Å². The molecule has 0 aliphatic carbocycles. The molecule has 0 spiro atoms. The van der Waals surface area contributed by atoms with E-state index in [1.54, 1.807) is 6.07 Å². The first-order chi connectivity index (χ1) is 14.1. The molecule has 1 aliphatic heterocycles. The standard InChI is InChI=1S/C18H15ClF3N3O3S2/c19-12-5-6-13-15(11-12)29-17(23-13)24-7-9-25(10-8-24)30(26,27)16-4-2-1-3-14(16)28-18(20,21)22/h1-6,11H,7-10H2. The third-order valence-electron chi connectivity index (χ3n) is 4.54. The van der Waals surface area contributed by atoms with Crippen LogP contribution in [0.5, 0.6) is 5.75 Å². The van der Waals surface area contributed by atoms with Crippen molar-refractivity contribution < 1.29 is 26.3 Å². The van der Waals surface area contributed by atoms with Crippen LogP contribution in [0.1, 0.15) is 0 Å². The quantitative estimate of drug-likeness (QED) is 0.558. The fraction of sp³-hybridized carbons (Fsp3) is 0.278. The van der Waals surface area contributed by atoms with Gasteiger partial charge in [-0.05, 0) is 30.3 Å². The summed E-state index contributed by atoms with van der Waals surface area (Å²) in [5.74, 6) is -0.740. The number of alkyl halides is 3. The maximum Gasteiger partial charge on any atom is 0.573 e. The van der Waals surface area contributed by atoms with Gasteiger partial charge < -0.3 is 9.64 Å². The molecule has 1 aliphatic rings. The summed E-state index contributed by atoms with van der Waals surface area (Å²) in [7, 11) is -4.15. The molecule has 12 heteroatoms. The highest BCUT2D eigenvalue weighted by atomic mass is 35.5. The molecule has 160 valence electrons. The Labute approximate surface area is 179 Å². The number of rotatable bonds is 4. The summed E-state index contributed by atoms with van der Waals surface area (Å²) in [5, 5.41) is 1.35. The van der Waals surface area contributed by atoms with E-state index in [1.807, 2.05) is 17.0 Å². The first-order valence-corrected chi connectivity index (χ1v) is 11.4. The Kier molecular flexibility index (Phi) is 5.56. The van der Waals surface area contributed by atoms with E-state index >= 15 is 0 Å². The fourth-order valence-electron chi connectivity index (χ4n) is 3.15. The molecule has 0 N–H and O–H groups in total. The molecule has 0 radical (unpaired) electrons. The summed E-state index contributed by atoms with van der Waals surface area (Å²) >= 11 is 7.45. The van der Waals surface area contributed by atoms with E-state index in [2.05, 4.69) is 9.72 Å². The van der Waals surface area contributed by atoms with E-state index in [1.165, 1.54) is 23.5 Å². The number of para-hydroxylation sites is 1. The minimum atomic E-state index is -4.99. The van der Waals surface area contributed by atoms with E-state index < -0.39 is 27.0 Å². The number of fused-ring (bicyclic) bond motifs is 1. The third-order valence-corrected chi connectivity index (χ3v) is 7.79. The Hall–Kier alpha value is -2.08. The zero-order valence-corrected chi connectivity index (χ0v) is 17.7. The summed E-state index contributed by atoms with van der Waals surface area (Å²) in [5.41, 5.74) is 0.799. The molecule has 0 saturated carbocycles. The second-order valence-electron chi connectivity index (χ2n) is 6.49. The number of anilines is 1. The Bertz CT molecular complexity index is 1180. The summed E-state index contributed by atoms with van der Waals surface area (Å²) in [4.78, 5) is 5.99. The van der Waals surface area contributed by atoms with Crippen molar-refractivity contribution in [3.05, 3.63) is 47.5 Å². The van der Waals surface area contributed by atoms with Crippen LogP contribution in [-0.4, -0.2) is 50.2 Å². The highest BCUT2D eigenvalue weighted by Gasteiger charge is 2.36. The van der Waals surface area contributed by atoms with Gasteiger partial charge in [0.1, 0.15) is 10.6 Å². The topological polar surface area (TPSA) is 62.7 Å². The normalized spacial score (nSPS) is 16.2. The van der Waals surface area contributed by atoms with Crippen molar-refractivity contribution >= 4 is 48.3 Å². The van der Waals surface area contributed by atoms with Crippen molar-refractivity contribution in [1.29, 1.82) is 0 Å². The van der Waals surface area contributed by atoms with Crippen LogP contribution in [0, 0.1) is 0 Å². The van der Waals surface area contributed by atoms with Crippen LogP contribution in [0.3, 0.4) is 0 Å². The Balaban J connectivity index is 1.52. The van der Waals surface area contributed by atoms with E-state index in [0.717, 1.165) is 31.8 Å². The summed E-state index contributed by atoms with van der Waals surface area (Å²) in [6.45, 7) is 0.933. The van der Waals surface area contributed by atoms with Gasteiger partial charge in [-0.2, -0.15) is 4.31 Å². The van der Waals surface area contributed by atoms with Gasteiger partial charge in [0, 0.05) is 31.2 Å². The van der Waals surface area contributed by atoms with Crippen molar-refractivity contribution in [1.82, 2.24) is 9.29 Å². The Morgan fingerprint density at radius 1 is 1.07 bits per heavy atom. The summed E-state index contributed by atoms with van der Waals surface area (Å²) in [6.07, 6.45) is -4.99. The molecule has 0 unspecified atom stereocenters. The predicted octanol–water partition coefficient (Wildman–Crippen LogP) is 4.36. The van der Waals surface area contributed by atoms with E-state index in [-0.39, 0.29) is 13.1 Å². The largest absolute Gasteiger partial charge is 0.573 e. The van der Waals surface area contributed by atoms with Crippen LogP contribution < -0.4 is 9.64 Å². The molecule has 3 aromatic rings. The first-order valence-electron chi connectivity index (χ1n) is 8.79. The number of ether oxygens (including phenoxy) is 1. The van der Waals surface area contributed by atoms with Gasteiger partial charge in [0.25, 0.3) is 0 Å². The number of thiazole rings is 1. The van der Waals surface area contributed by atoms with Gasteiger partial charge in [-0.15, -0.1) is 13.2 Å². The maximum atomic E-state index is 12.9. The predicted molar refractivity (Wildman–Crippen MR) is 109 cm³/mol. The Morgan fingerprint density at radius 3 is 2.47 bits per heavy atom. The number of hydrogen-bond acceptors (Lipinski definition) is 6. The molecule has 0 atom stereocenters. The molecule has 1 saturated heterocycles. The maximum absolute atomic E-state index is 12.9. The van der Waals surface area contributed by atoms with E-state index in [9.17, 15) is 21.6 Å². The second-order valence-corrected chi connectivity index (χ2v) is 9.85.